The Labute approximate surface area is 142 Å². The van der Waals surface area contributed by atoms with Crippen LogP contribution in [0.5, 0.6) is 0 Å². The smallest absolute Gasteiger partial charge is 0.399 e. The fraction of sp³-hybridized carbons (Fsp3) is 0.700. The van der Waals surface area contributed by atoms with Crippen molar-refractivity contribution < 1.29 is 9.31 Å². The monoisotopic (exact) mass is 314 g/mol. The van der Waals surface area contributed by atoms with Gasteiger partial charge >= 0.3 is 7.12 Å². The van der Waals surface area contributed by atoms with Crippen LogP contribution in [-0.4, -0.2) is 18.3 Å². The molecule has 1 aromatic rings. The highest BCUT2D eigenvalue weighted by atomic mass is 16.7. The lowest BCUT2D eigenvalue weighted by atomic mass is 9.73. The number of rotatable bonds is 2. The van der Waals surface area contributed by atoms with Crippen LogP contribution in [0.15, 0.2) is 18.2 Å². The Morgan fingerprint density at radius 1 is 0.870 bits per heavy atom. The second-order valence-electron chi connectivity index (χ2n) is 9.74. The molecule has 2 fully saturated rings. The molecule has 0 aromatic heterocycles. The van der Waals surface area contributed by atoms with E-state index < -0.39 is 0 Å². The van der Waals surface area contributed by atoms with E-state index in [0.717, 1.165) is 0 Å². The number of hydrogen-bond donors (Lipinski definition) is 0. The van der Waals surface area contributed by atoms with E-state index in [-0.39, 0.29) is 23.7 Å². The van der Waals surface area contributed by atoms with Crippen LogP contribution in [0.4, 0.5) is 0 Å². The minimum Gasteiger partial charge on any atom is -0.399 e. The number of hydrogen-bond acceptors (Lipinski definition) is 2. The molecule has 1 saturated heterocycles. The van der Waals surface area contributed by atoms with E-state index in [1.54, 1.807) is 0 Å². The van der Waals surface area contributed by atoms with E-state index in [9.17, 15) is 0 Å². The van der Waals surface area contributed by atoms with Gasteiger partial charge in [0.05, 0.1) is 11.2 Å². The van der Waals surface area contributed by atoms with Crippen LogP contribution < -0.4 is 5.46 Å². The topological polar surface area (TPSA) is 18.5 Å². The third kappa shape index (κ3) is 2.98. The molecule has 3 rings (SSSR count). The highest BCUT2D eigenvalue weighted by molar-refractivity contribution is 6.62. The molecule has 1 saturated carbocycles. The molecule has 0 unspecified atom stereocenters. The molecular weight excluding hydrogens is 283 g/mol. The standard InChI is InChI=1S/C20H31BO2/c1-17(2,3)14-11-15(20(8)9-10-20)13-16(12-14)21-22-18(4,5)19(6,7)23-21/h11-13H,9-10H2,1-8H3. The average molecular weight is 314 g/mol. The second kappa shape index (κ2) is 4.86. The van der Waals surface area contributed by atoms with Crippen LogP contribution in [-0.2, 0) is 20.1 Å². The third-order valence-corrected chi connectivity index (χ3v) is 6.04. The summed E-state index contributed by atoms with van der Waals surface area (Å²) in [4.78, 5) is 0. The molecule has 0 atom stereocenters. The molecule has 1 aromatic carbocycles. The van der Waals surface area contributed by atoms with Crippen molar-refractivity contribution in [3.8, 4) is 0 Å². The molecule has 23 heavy (non-hydrogen) atoms. The van der Waals surface area contributed by atoms with Gasteiger partial charge in [-0.3, -0.25) is 0 Å². The Bertz CT molecular complexity index is 582. The maximum atomic E-state index is 6.28. The van der Waals surface area contributed by atoms with Crippen LogP contribution in [0.2, 0.25) is 0 Å². The number of benzene rings is 1. The van der Waals surface area contributed by atoms with Crippen LogP contribution in [0.3, 0.4) is 0 Å². The van der Waals surface area contributed by atoms with Crippen LogP contribution in [0.25, 0.3) is 0 Å². The molecule has 126 valence electrons. The van der Waals surface area contributed by atoms with Crippen LogP contribution in [0, 0.1) is 0 Å². The summed E-state index contributed by atoms with van der Waals surface area (Å²) >= 11 is 0. The summed E-state index contributed by atoms with van der Waals surface area (Å²) in [6.45, 7) is 17.6. The summed E-state index contributed by atoms with van der Waals surface area (Å²) in [7, 11) is -0.275. The molecule has 0 amide bonds. The summed E-state index contributed by atoms with van der Waals surface area (Å²) in [5.74, 6) is 0. The lowest BCUT2D eigenvalue weighted by Gasteiger charge is -2.32. The van der Waals surface area contributed by atoms with Crippen molar-refractivity contribution in [2.24, 2.45) is 0 Å². The molecule has 1 aliphatic heterocycles. The van der Waals surface area contributed by atoms with Gasteiger partial charge in [-0.25, -0.2) is 0 Å². The predicted molar refractivity (Wildman–Crippen MR) is 97.4 cm³/mol. The molecular formula is C20H31BO2. The minimum absolute atomic E-state index is 0.125. The van der Waals surface area contributed by atoms with Crippen molar-refractivity contribution in [3.63, 3.8) is 0 Å². The molecule has 0 radical (unpaired) electrons. The maximum absolute atomic E-state index is 6.28. The van der Waals surface area contributed by atoms with Crippen molar-refractivity contribution in [2.45, 2.75) is 90.3 Å². The van der Waals surface area contributed by atoms with E-state index in [1.807, 2.05) is 0 Å². The van der Waals surface area contributed by atoms with Gasteiger partial charge in [-0.2, -0.15) is 0 Å². The fourth-order valence-electron chi connectivity index (χ4n) is 3.02. The molecule has 1 aliphatic carbocycles. The normalized spacial score (nSPS) is 24.8. The SMILES string of the molecule is CC(C)(C)c1cc(B2OC(C)(C)C(C)(C)O2)cc(C2(C)CC2)c1. The highest BCUT2D eigenvalue weighted by Crippen LogP contribution is 2.48. The van der Waals surface area contributed by atoms with E-state index >= 15 is 0 Å². The van der Waals surface area contributed by atoms with Crippen molar-refractivity contribution >= 4 is 12.6 Å². The van der Waals surface area contributed by atoms with Gasteiger partial charge in [0.15, 0.2) is 0 Å². The largest absolute Gasteiger partial charge is 0.494 e. The summed E-state index contributed by atoms with van der Waals surface area (Å²) in [6, 6.07) is 6.98. The van der Waals surface area contributed by atoms with E-state index in [2.05, 4.69) is 73.6 Å². The van der Waals surface area contributed by atoms with Gasteiger partial charge in [-0.1, -0.05) is 45.9 Å². The predicted octanol–water partition coefficient (Wildman–Crippen LogP) is 4.33. The Hall–Kier alpha value is -0.795. The van der Waals surface area contributed by atoms with Crippen molar-refractivity contribution in [1.82, 2.24) is 0 Å². The van der Waals surface area contributed by atoms with E-state index in [0.29, 0.717) is 5.41 Å². The average Bonchev–Trinajstić information content (AvgIpc) is 3.10. The third-order valence-electron chi connectivity index (χ3n) is 6.04. The molecule has 0 bridgehead atoms. The van der Waals surface area contributed by atoms with Gasteiger partial charge in [0.1, 0.15) is 0 Å². The van der Waals surface area contributed by atoms with Gasteiger partial charge in [0.2, 0.25) is 0 Å². The lowest BCUT2D eigenvalue weighted by molar-refractivity contribution is 0.00578. The first-order valence-corrected chi connectivity index (χ1v) is 8.86. The Morgan fingerprint density at radius 3 is 1.83 bits per heavy atom. The van der Waals surface area contributed by atoms with Crippen LogP contribution in [0.1, 0.15) is 79.4 Å². The molecule has 1 heterocycles. The first-order valence-electron chi connectivity index (χ1n) is 8.86. The maximum Gasteiger partial charge on any atom is 0.494 e. The van der Waals surface area contributed by atoms with Crippen molar-refractivity contribution in [3.05, 3.63) is 29.3 Å². The second-order valence-corrected chi connectivity index (χ2v) is 9.74. The van der Waals surface area contributed by atoms with E-state index in [1.165, 1.54) is 29.4 Å². The molecule has 2 aliphatic rings. The lowest BCUT2D eigenvalue weighted by Crippen LogP contribution is -2.41. The fourth-order valence-corrected chi connectivity index (χ4v) is 3.02. The van der Waals surface area contributed by atoms with Crippen molar-refractivity contribution in [1.29, 1.82) is 0 Å². The Morgan fingerprint density at radius 2 is 1.39 bits per heavy atom. The zero-order valence-corrected chi connectivity index (χ0v) is 16.0. The summed E-state index contributed by atoms with van der Waals surface area (Å²) in [6.07, 6.45) is 2.56. The van der Waals surface area contributed by atoms with Gasteiger partial charge < -0.3 is 9.31 Å². The highest BCUT2D eigenvalue weighted by Gasteiger charge is 2.52. The summed E-state index contributed by atoms with van der Waals surface area (Å²) in [5.41, 5.74) is 3.86. The molecule has 0 N–H and O–H groups in total. The quantitative estimate of drug-likeness (QED) is 0.756. The Balaban J connectivity index is 2.03. The summed E-state index contributed by atoms with van der Waals surface area (Å²) in [5, 5.41) is 0. The first kappa shape index (κ1) is 17.0. The van der Waals surface area contributed by atoms with Crippen LogP contribution >= 0.6 is 0 Å². The van der Waals surface area contributed by atoms with E-state index in [4.69, 9.17) is 9.31 Å². The molecule has 0 spiro atoms. The van der Waals surface area contributed by atoms with Gasteiger partial charge in [0, 0.05) is 0 Å². The summed E-state index contributed by atoms with van der Waals surface area (Å²) < 4.78 is 12.6. The minimum atomic E-state index is -0.293. The first-order chi connectivity index (χ1) is 10.3. The zero-order chi connectivity index (χ0) is 17.3. The Kier molecular flexibility index (Phi) is 3.60. The zero-order valence-electron chi connectivity index (χ0n) is 16.0. The van der Waals surface area contributed by atoms with Gasteiger partial charge in [0.25, 0.3) is 0 Å². The van der Waals surface area contributed by atoms with Crippen molar-refractivity contribution in [2.75, 3.05) is 0 Å². The molecule has 3 heteroatoms. The van der Waals surface area contributed by atoms with Gasteiger partial charge in [-0.05, 0) is 68.0 Å². The molecule has 2 nitrogen and oxygen atoms in total. The van der Waals surface area contributed by atoms with Gasteiger partial charge in [-0.15, -0.1) is 0 Å².